The van der Waals surface area contributed by atoms with Crippen molar-refractivity contribution < 1.29 is 5.11 Å². The molecule has 0 saturated carbocycles. The Labute approximate surface area is 114 Å². The summed E-state index contributed by atoms with van der Waals surface area (Å²) in [6, 6.07) is 11.7. The van der Waals surface area contributed by atoms with Crippen molar-refractivity contribution in [2.24, 2.45) is 0 Å². The van der Waals surface area contributed by atoms with E-state index in [2.05, 4.69) is 13.0 Å². The Kier molecular flexibility index (Phi) is 8.45. The molecular weight excluding hydrogens is 266 g/mol. The molecule has 0 radical (unpaired) electrons. The van der Waals surface area contributed by atoms with E-state index < -0.39 is 0 Å². The Morgan fingerprint density at radius 1 is 1.00 bits per heavy atom. The van der Waals surface area contributed by atoms with E-state index in [1.807, 2.05) is 18.2 Å². The number of halogens is 3. The number of phenols is 1. The van der Waals surface area contributed by atoms with Gasteiger partial charge >= 0.3 is 0 Å². The highest BCUT2D eigenvalue weighted by Crippen LogP contribution is 2.23. The smallest absolute Gasteiger partial charge is 0.116 e. The van der Waals surface area contributed by atoms with Crippen LogP contribution < -0.4 is 0 Å². The molecule has 1 nitrogen and oxygen atoms in total. The zero-order chi connectivity index (χ0) is 9.26. The quantitative estimate of drug-likeness (QED) is 0.823. The van der Waals surface area contributed by atoms with Crippen LogP contribution in [0, 0.1) is 0 Å². The van der Waals surface area contributed by atoms with Crippen molar-refractivity contribution in [3.8, 4) is 5.75 Å². The van der Waals surface area contributed by atoms with E-state index in [1.165, 1.54) is 10.9 Å². The van der Waals surface area contributed by atoms with Crippen molar-refractivity contribution >= 4 is 48.0 Å². The minimum absolute atomic E-state index is 0. The molecule has 0 atom stereocenters. The first-order valence-electron chi connectivity index (χ1n) is 4.52. The molecule has 4 heteroatoms. The summed E-state index contributed by atoms with van der Waals surface area (Å²) in [7, 11) is 0. The van der Waals surface area contributed by atoms with Gasteiger partial charge in [-0.05, 0) is 34.9 Å². The largest absolute Gasteiger partial charge is 0.508 e. The molecule has 1 N–H and O–H groups in total. The third kappa shape index (κ3) is 3.44. The summed E-state index contributed by atoms with van der Waals surface area (Å²) in [5, 5.41) is 11.6. The van der Waals surface area contributed by atoms with E-state index in [1.54, 1.807) is 12.1 Å². The van der Waals surface area contributed by atoms with Gasteiger partial charge in [0.2, 0.25) is 0 Å². The average molecular weight is 282 g/mol. The van der Waals surface area contributed by atoms with Crippen molar-refractivity contribution in [1.82, 2.24) is 0 Å². The molecule has 0 spiro atoms. The maximum atomic E-state index is 9.29. The van der Waals surface area contributed by atoms with Crippen LogP contribution in [0.5, 0.6) is 5.75 Å². The molecule has 2 aromatic rings. The van der Waals surface area contributed by atoms with E-state index in [4.69, 9.17) is 0 Å². The third-order valence-electron chi connectivity index (χ3n) is 2.34. The molecule has 2 rings (SSSR count). The first-order valence-corrected chi connectivity index (χ1v) is 4.52. The Bertz CT molecular complexity index is 443. The number of benzene rings is 2. The zero-order valence-corrected chi connectivity index (χ0v) is 11.3. The van der Waals surface area contributed by atoms with Crippen LogP contribution in [0.2, 0.25) is 0 Å². The lowest BCUT2D eigenvalue weighted by atomic mass is 10.0. The monoisotopic (exact) mass is 280 g/mol. The first kappa shape index (κ1) is 17.8. The lowest BCUT2D eigenvalue weighted by Gasteiger charge is -2.03. The van der Waals surface area contributed by atoms with Gasteiger partial charge in [0.05, 0.1) is 0 Å². The van der Waals surface area contributed by atoms with Crippen LogP contribution in [-0.4, -0.2) is 5.11 Å². The van der Waals surface area contributed by atoms with Crippen molar-refractivity contribution in [3.63, 3.8) is 0 Å². The van der Waals surface area contributed by atoms with Gasteiger partial charge in [-0.1, -0.05) is 31.2 Å². The molecule has 0 fully saturated rings. The van der Waals surface area contributed by atoms with Crippen LogP contribution in [0.3, 0.4) is 0 Å². The fourth-order valence-electron chi connectivity index (χ4n) is 1.65. The number of rotatable bonds is 1. The van der Waals surface area contributed by atoms with Gasteiger partial charge in [-0.3, -0.25) is 0 Å². The van der Waals surface area contributed by atoms with Crippen molar-refractivity contribution in [3.05, 3.63) is 42.0 Å². The van der Waals surface area contributed by atoms with Gasteiger partial charge in [0, 0.05) is 0 Å². The first-order chi connectivity index (χ1) is 6.31. The number of fused-ring (bicyclic) bond motifs is 1. The van der Waals surface area contributed by atoms with Gasteiger partial charge in [-0.2, -0.15) is 0 Å². The lowest BCUT2D eigenvalue weighted by molar-refractivity contribution is 0.476. The topological polar surface area (TPSA) is 20.2 Å². The van der Waals surface area contributed by atoms with Crippen LogP contribution in [0.25, 0.3) is 10.8 Å². The Morgan fingerprint density at radius 2 is 1.69 bits per heavy atom. The summed E-state index contributed by atoms with van der Waals surface area (Å²) in [5.41, 5.74) is 1.33. The zero-order valence-electron chi connectivity index (χ0n) is 8.84. The highest BCUT2D eigenvalue weighted by molar-refractivity contribution is 5.87. The molecule has 0 aliphatic rings. The summed E-state index contributed by atoms with van der Waals surface area (Å²) in [6.45, 7) is 2.14. The Hall–Kier alpha value is -0.630. The third-order valence-corrected chi connectivity index (χ3v) is 2.34. The fraction of sp³-hybridized carbons (Fsp3) is 0.167. The van der Waals surface area contributed by atoms with E-state index >= 15 is 0 Å². The standard InChI is InChI=1S/C12H12O.3ClH/c1-2-9-4-3-5-10-8-11(13)6-7-12(9)10;;;/h3-8,13H,2H2,1H3;3*1H. The molecular formula is C12H15Cl3O. The minimum Gasteiger partial charge on any atom is -0.508 e. The molecule has 16 heavy (non-hydrogen) atoms. The molecule has 90 valence electrons. The summed E-state index contributed by atoms with van der Waals surface area (Å²) < 4.78 is 0. The molecule has 0 bridgehead atoms. The summed E-state index contributed by atoms with van der Waals surface area (Å²) in [5.74, 6) is 0.334. The van der Waals surface area contributed by atoms with Crippen LogP contribution in [0.1, 0.15) is 12.5 Å². The van der Waals surface area contributed by atoms with Gasteiger partial charge in [-0.25, -0.2) is 0 Å². The predicted octanol–water partition coefficient (Wildman–Crippen LogP) is 4.37. The van der Waals surface area contributed by atoms with Crippen LogP contribution in [0.4, 0.5) is 0 Å². The maximum absolute atomic E-state index is 9.29. The van der Waals surface area contributed by atoms with Gasteiger partial charge in [0.25, 0.3) is 0 Å². The lowest BCUT2D eigenvalue weighted by Crippen LogP contribution is -1.82. The molecule has 0 saturated heterocycles. The molecule has 0 heterocycles. The summed E-state index contributed by atoms with van der Waals surface area (Å²) in [6.07, 6.45) is 1.03. The highest BCUT2D eigenvalue weighted by atomic mass is 35.5. The Balaban J connectivity index is 0. The Morgan fingerprint density at radius 3 is 2.31 bits per heavy atom. The van der Waals surface area contributed by atoms with Crippen molar-refractivity contribution in [2.75, 3.05) is 0 Å². The molecule has 2 aromatic carbocycles. The van der Waals surface area contributed by atoms with Crippen LogP contribution >= 0.6 is 37.2 Å². The van der Waals surface area contributed by atoms with Crippen LogP contribution in [-0.2, 0) is 6.42 Å². The number of aryl methyl sites for hydroxylation is 1. The molecule has 0 unspecified atom stereocenters. The average Bonchev–Trinajstić information content (AvgIpc) is 2.16. The molecule has 0 aromatic heterocycles. The number of hydrogen-bond acceptors (Lipinski definition) is 1. The fourth-order valence-corrected chi connectivity index (χ4v) is 1.65. The van der Waals surface area contributed by atoms with E-state index in [0.29, 0.717) is 5.75 Å². The van der Waals surface area contributed by atoms with Gasteiger partial charge < -0.3 is 5.11 Å². The molecule has 0 aliphatic carbocycles. The molecule has 0 amide bonds. The minimum atomic E-state index is 0. The van der Waals surface area contributed by atoms with E-state index in [0.717, 1.165) is 11.8 Å². The second-order valence-corrected chi connectivity index (χ2v) is 3.18. The van der Waals surface area contributed by atoms with E-state index in [-0.39, 0.29) is 37.2 Å². The van der Waals surface area contributed by atoms with Gasteiger partial charge in [0.15, 0.2) is 0 Å². The van der Waals surface area contributed by atoms with Crippen molar-refractivity contribution in [1.29, 1.82) is 0 Å². The normalized spacial score (nSPS) is 8.56. The number of aromatic hydroxyl groups is 1. The maximum Gasteiger partial charge on any atom is 0.116 e. The number of phenolic OH excluding ortho intramolecular Hbond substituents is 1. The number of hydrogen-bond donors (Lipinski definition) is 1. The molecule has 0 aliphatic heterocycles. The second kappa shape index (κ2) is 7.61. The van der Waals surface area contributed by atoms with Gasteiger partial charge in [0.1, 0.15) is 5.75 Å². The van der Waals surface area contributed by atoms with Crippen molar-refractivity contribution in [2.45, 2.75) is 13.3 Å². The summed E-state index contributed by atoms with van der Waals surface area (Å²) in [4.78, 5) is 0. The SMILES string of the molecule is CCc1cccc2cc(O)ccc12.Cl.Cl.Cl. The predicted molar refractivity (Wildman–Crippen MR) is 76.7 cm³/mol. The van der Waals surface area contributed by atoms with E-state index in [9.17, 15) is 5.11 Å². The van der Waals surface area contributed by atoms with Gasteiger partial charge in [-0.15, -0.1) is 37.2 Å². The highest BCUT2D eigenvalue weighted by Gasteiger charge is 1.98. The van der Waals surface area contributed by atoms with Crippen LogP contribution in [0.15, 0.2) is 36.4 Å². The second-order valence-electron chi connectivity index (χ2n) is 3.18. The summed E-state index contributed by atoms with van der Waals surface area (Å²) >= 11 is 0.